The summed E-state index contributed by atoms with van der Waals surface area (Å²) in [6.45, 7) is 5.74. The first-order valence-electron chi connectivity index (χ1n) is 4.16. The van der Waals surface area contributed by atoms with E-state index in [9.17, 15) is 4.79 Å². The number of carbonyl (C=O) groups is 1. The highest BCUT2D eigenvalue weighted by molar-refractivity contribution is 5.80. The van der Waals surface area contributed by atoms with E-state index in [4.69, 9.17) is 10.5 Å². The second-order valence-corrected chi connectivity index (χ2v) is 3.67. The van der Waals surface area contributed by atoms with Gasteiger partial charge in [-0.15, -0.1) is 0 Å². The number of ether oxygens (including phenoxy) is 1. The Morgan fingerprint density at radius 2 is 2.33 bits per heavy atom. The second kappa shape index (κ2) is 3.41. The number of carbonyl (C=O) groups excluding carboxylic acids is 1. The molecule has 1 unspecified atom stereocenters. The van der Waals surface area contributed by atoms with Crippen LogP contribution in [0.4, 0.5) is 0 Å². The van der Waals surface area contributed by atoms with E-state index >= 15 is 0 Å². The lowest BCUT2D eigenvalue weighted by Gasteiger charge is -2.34. The van der Waals surface area contributed by atoms with Gasteiger partial charge in [-0.1, -0.05) is 0 Å². The van der Waals surface area contributed by atoms with Crippen LogP contribution in [-0.2, 0) is 9.53 Å². The second-order valence-electron chi connectivity index (χ2n) is 3.67. The van der Waals surface area contributed by atoms with Gasteiger partial charge in [-0.2, -0.15) is 0 Å². The van der Waals surface area contributed by atoms with Crippen molar-refractivity contribution in [2.45, 2.75) is 19.9 Å². The molecule has 4 heteroatoms. The molecular formula is C8H16N2O2. The lowest BCUT2D eigenvalue weighted by molar-refractivity contribution is -0.129. The molecule has 1 amide bonds. The molecule has 0 aromatic heterocycles. The molecule has 0 aromatic carbocycles. The van der Waals surface area contributed by atoms with Crippen molar-refractivity contribution in [3.05, 3.63) is 0 Å². The highest BCUT2D eigenvalue weighted by atomic mass is 16.5. The van der Waals surface area contributed by atoms with Crippen LogP contribution < -0.4 is 11.1 Å². The summed E-state index contributed by atoms with van der Waals surface area (Å²) >= 11 is 0. The molecule has 1 atom stereocenters. The van der Waals surface area contributed by atoms with Gasteiger partial charge in [-0.25, -0.2) is 0 Å². The van der Waals surface area contributed by atoms with Crippen molar-refractivity contribution < 1.29 is 9.53 Å². The standard InChI is InChI=1S/C8H16N2O2/c1-8(2,7(9)11)6-5-12-4-3-10-6/h6,10H,3-5H2,1-2H3,(H2,9,11). The van der Waals surface area contributed by atoms with Gasteiger partial charge in [-0.05, 0) is 13.8 Å². The van der Waals surface area contributed by atoms with Crippen LogP contribution in [0.15, 0.2) is 0 Å². The number of amides is 1. The Bertz CT molecular complexity index is 174. The fourth-order valence-corrected chi connectivity index (χ4v) is 1.20. The average Bonchev–Trinajstić information content (AvgIpc) is 2.06. The molecule has 1 aliphatic heterocycles. The van der Waals surface area contributed by atoms with Gasteiger partial charge in [0.25, 0.3) is 0 Å². The molecule has 0 radical (unpaired) electrons. The molecule has 0 aliphatic carbocycles. The van der Waals surface area contributed by atoms with E-state index in [0.717, 1.165) is 6.54 Å². The third kappa shape index (κ3) is 1.76. The van der Waals surface area contributed by atoms with Crippen molar-refractivity contribution >= 4 is 5.91 Å². The van der Waals surface area contributed by atoms with Crippen molar-refractivity contribution in [1.82, 2.24) is 5.32 Å². The zero-order valence-corrected chi connectivity index (χ0v) is 7.59. The molecule has 12 heavy (non-hydrogen) atoms. The number of morpholine rings is 1. The van der Waals surface area contributed by atoms with E-state index in [-0.39, 0.29) is 11.9 Å². The molecule has 1 rings (SSSR count). The first-order chi connectivity index (χ1) is 5.55. The van der Waals surface area contributed by atoms with E-state index in [0.29, 0.717) is 13.2 Å². The summed E-state index contributed by atoms with van der Waals surface area (Å²) < 4.78 is 5.25. The van der Waals surface area contributed by atoms with Gasteiger partial charge >= 0.3 is 0 Å². The van der Waals surface area contributed by atoms with Crippen molar-refractivity contribution in [3.8, 4) is 0 Å². The normalized spacial score (nSPS) is 25.3. The molecule has 1 aliphatic rings. The Morgan fingerprint density at radius 3 is 2.75 bits per heavy atom. The molecular weight excluding hydrogens is 156 g/mol. The fourth-order valence-electron chi connectivity index (χ4n) is 1.20. The maximum absolute atomic E-state index is 11.0. The van der Waals surface area contributed by atoms with Gasteiger partial charge in [0.15, 0.2) is 0 Å². The summed E-state index contributed by atoms with van der Waals surface area (Å²) in [4.78, 5) is 11.0. The number of hydrogen-bond acceptors (Lipinski definition) is 3. The SMILES string of the molecule is CC(C)(C(N)=O)C1COCCN1. The molecule has 1 saturated heterocycles. The lowest BCUT2D eigenvalue weighted by Crippen LogP contribution is -2.55. The van der Waals surface area contributed by atoms with Crippen LogP contribution in [0, 0.1) is 5.41 Å². The molecule has 0 spiro atoms. The molecule has 1 fully saturated rings. The summed E-state index contributed by atoms with van der Waals surface area (Å²) in [6, 6.07) is 0.0451. The first kappa shape index (κ1) is 9.48. The fraction of sp³-hybridized carbons (Fsp3) is 0.875. The van der Waals surface area contributed by atoms with Crippen LogP contribution in [0.2, 0.25) is 0 Å². The minimum Gasteiger partial charge on any atom is -0.378 e. The van der Waals surface area contributed by atoms with Gasteiger partial charge in [-0.3, -0.25) is 4.79 Å². The molecule has 70 valence electrons. The Labute approximate surface area is 72.5 Å². The molecule has 1 heterocycles. The maximum Gasteiger partial charge on any atom is 0.224 e. The number of nitrogens with two attached hydrogens (primary N) is 1. The van der Waals surface area contributed by atoms with Crippen LogP contribution in [0.1, 0.15) is 13.8 Å². The summed E-state index contributed by atoms with van der Waals surface area (Å²) in [6.07, 6.45) is 0. The summed E-state index contributed by atoms with van der Waals surface area (Å²) in [5.41, 5.74) is 4.74. The number of primary amides is 1. The van der Waals surface area contributed by atoms with E-state index < -0.39 is 5.41 Å². The van der Waals surface area contributed by atoms with Gasteiger partial charge < -0.3 is 15.8 Å². The lowest BCUT2D eigenvalue weighted by atomic mass is 9.83. The van der Waals surface area contributed by atoms with E-state index in [2.05, 4.69) is 5.32 Å². The van der Waals surface area contributed by atoms with Crippen LogP contribution in [0.3, 0.4) is 0 Å². The highest BCUT2D eigenvalue weighted by Crippen LogP contribution is 2.21. The van der Waals surface area contributed by atoms with Gasteiger partial charge in [0.1, 0.15) is 0 Å². The van der Waals surface area contributed by atoms with Crippen molar-refractivity contribution in [2.24, 2.45) is 11.1 Å². The minimum absolute atomic E-state index is 0.0451. The van der Waals surface area contributed by atoms with Gasteiger partial charge in [0.2, 0.25) is 5.91 Å². The minimum atomic E-state index is -0.527. The summed E-state index contributed by atoms with van der Waals surface area (Å²) in [5, 5.41) is 3.21. The number of rotatable bonds is 2. The monoisotopic (exact) mass is 172 g/mol. The predicted octanol–water partition coefficient (Wildman–Crippen LogP) is -0.514. The summed E-state index contributed by atoms with van der Waals surface area (Å²) in [5.74, 6) is -0.287. The van der Waals surface area contributed by atoms with Gasteiger partial charge in [0, 0.05) is 12.6 Å². The largest absolute Gasteiger partial charge is 0.378 e. The van der Waals surface area contributed by atoms with E-state index in [1.54, 1.807) is 0 Å². The first-order valence-corrected chi connectivity index (χ1v) is 4.16. The van der Waals surface area contributed by atoms with E-state index in [1.165, 1.54) is 0 Å². The number of hydrogen-bond donors (Lipinski definition) is 2. The zero-order valence-electron chi connectivity index (χ0n) is 7.59. The third-order valence-corrected chi connectivity index (χ3v) is 2.43. The van der Waals surface area contributed by atoms with Crippen molar-refractivity contribution in [2.75, 3.05) is 19.8 Å². The molecule has 0 saturated carbocycles. The quantitative estimate of drug-likeness (QED) is 0.589. The Hall–Kier alpha value is -0.610. The molecule has 3 N–H and O–H groups in total. The predicted molar refractivity (Wildman–Crippen MR) is 45.6 cm³/mol. The van der Waals surface area contributed by atoms with Crippen LogP contribution in [0.5, 0.6) is 0 Å². The topological polar surface area (TPSA) is 64.4 Å². The molecule has 0 aromatic rings. The third-order valence-electron chi connectivity index (χ3n) is 2.43. The average molecular weight is 172 g/mol. The Balaban J connectivity index is 2.59. The van der Waals surface area contributed by atoms with Crippen LogP contribution >= 0.6 is 0 Å². The smallest absolute Gasteiger partial charge is 0.224 e. The van der Waals surface area contributed by atoms with Crippen LogP contribution in [-0.4, -0.2) is 31.7 Å². The molecule has 4 nitrogen and oxygen atoms in total. The molecule has 0 bridgehead atoms. The maximum atomic E-state index is 11.0. The van der Waals surface area contributed by atoms with Crippen molar-refractivity contribution in [1.29, 1.82) is 0 Å². The Kier molecular flexibility index (Phi) is 2.69. The highest BCUT2D eigenvalue weighted by Gasteiger charge is 2.36. The van der Waals surface area contributed by atoms with Crippen molar-refractivity contribution in [3.63, 3.8) is 0 Å². The zero-order chi connectivity index (χ0) is 9.19. The van der Waals surface area contributed by atoms with Gasteiger partial charge in [0.05, 0.1) is 18.6 Å². The van der Waals surface area contributed by atoms with E-state index in [1.807, 2.05) is 13.8 Å². The number of nitrogens with one attached hydrogen (secondary N) is 1. The summed E-state index contributed by atoms with van der Waals surface area (Å²) in [7, 11) is 0. The van der Waals surface area contributed by atoms with Crippen LogP contribution in [0.25, 0.3) is 0 Å². The Morgan fingerprint density at radius 1 is 1.67 bits per heavy atom.